The van der Waals surface area contributed by atoms with Crippen molar-refractivity contribution < 1.29 is 9.47 Å². The highest BCUT2D eigenvalue weighted by Gasteiger charge is 2.38. The molecule has 190 valence electrons. The molecule has 0 unspecified atom stereocenters. The van der Waals surface area contributed by atoms with Crippen LogP contribution in [0.25, 0.3) is 22.5 Å². The van der Waals surface area contributed by atoms with Crippen LogP contribution in [0, 0.1) is 0 Å². The fourth-order valence-electron chi connectivity index (χ4n) is 4.34. The normalized spacial score (nSPS) is 12.3. The molecule has 0 saturated carbocycles. The van der Waals surface area contributed by atoms with Gasteiger partial charge in [-0.2, -0.15) is 5.21 Å². The van der Waals surface area contributed by atoms with Crippen LogP contribution in [0.4, 0.5) is 0 Å². The van der Waals surface area contributed by atoms with Gasteiger partial charge in [0.2, 0.25) is 17.4 Å². The van der Waals surface area contributed by atoms with Crippen molar-refractivity contribution in [3.8, 4) is 22.5 Å². The maximum absolute atomic E-state index is 5.84. The highest BCUT2D eigenvalue weighted by Crippen LogP contribution is 2.32. The van der Waals surface area contributed by atoms with Crippen molar-refractivity contribution in [2.45, 2.75) is 64.7 Å². The molecule has 0 aliphatic heterocycles. The molecule has 0 spiro atoms. The fraction of sp³-hybridized carbons (Fsp3) is 0.444. The molecule has 0 radical (unpaired) electrons. The quantitative estimate of drug-likeness (QED) is 0.309. The molecule has 0 amide bonds. The number of aromatic amines is 1. The molecular formula is C27H35N7O2. The summed E-state index contributed by atoms with van der Waals surface area (Å²) < 4.78 is 13.7. The number of hydrogen-bond acceptors (Lipinski definition) is 7. The van der Waals surface area contributed by atoms with E-state index in [0.717, 1.165) is 40.9 Å². The number of ether oxygens (including phenoxy) is 2. The molecular weight excluding hydrogens is 454 g/mol. The lowest BCUT2D eigenvalue weighted by Gasteiger charge is -2.28. The van der Waals surface area contributed by atoms with Crippen molar-refractivity contribution in [2.24, 2.45) is 0 Å². The van der Waals surface area contributed by atoms with Crippen molar-refractivity contribution in [3.05, 3.63) is 65.7 Å². The van der Waals surface area contributed by atoms with E-state index < -0.39 is 5.79 Å². The Balaban J connectivity index is 1.65. The van der Waals surface area contributed by atoms with Crippen LogP contribution in [0.1, 0.15) is 64.2 Å². The topological polar surface area (TPSA) is 104 Å². The summed E-state index contributed by atoms with van der Waals surface area (Å²) in [6, 6.07) is 16.5. The molecule has 9 nitrogen and oxygen atoms in total. The lowest BCUT2D eigenvalue weighted by Crippen LogP contribution is -2.33. The number of hydrogen-bond donors (Lipinski definition) is 1. The first-order chi connectivity index (χ1) is 17.3. The Labute approximate surface area is 212 Å². The van der Waals surface area contributed by atoms with Gasteiger partial charge >= 0.3 is 0 Å². The summed E-state index contributed by atoms with van der Waals surface area (Å²) in [6.07, 6.45) is 3.31. The van der Waals surface area contributed by atoms with Crippen LogP contribution in [0.2, 0.25) is 0 Å². The number of nitrogens with zero attached hydrogens (tertiary/aromatic N) is 6. The Morgan fingerprint density at radius 2 is 1.64 bits per heavy atom. The van der Waals surface area contributed by atoms with Gasteiger partial charge in [-0.1, -0.05) is 61.9 Å². The highest BCUT2D eigenvalue weighted by atomic mass is 16.7. The van der Waals surface area contributed by atoms with Crippen LogP contribution in [-0.4, -0.2) is 49.6 Å². The maximum atomic E-state index is 5.84. The standard InChI is InChI=1S/C27H35N7O2/c1-7-8-17-27(35-5,36-6)25-28-23(34(31-25)26(2,3)4)18-19-13-15-20(16-14-19)21-11-9-10-12-22(21)24-29-32-33-30-24/h9-16H,7-8,17-18H2,1-6H3,(H,29,30,32,33). The Hall–Kier alpha value is -3.43. The summed E-state index contributed by atoms with van der Waals surface area (Å²) in [4.78, 5) is 4.94. The Morgan fingerprint density at radius 3 is 2.22 bits per heavy atom. The van der Waals surface area contributed by atoms with Crippen molar-refractivity contribution in [1.29, 1.82) is 0 Å². The molecule has 0 atom stereocenters. The van der Waals surface area contributed by atoms with E-state index in [1.165, 1.54) is 0 Å². The molecule has 2 aromatic carbocycles. The van der Waals surface area contributed by atoms with Gasteiger partial charge in [0.05, 0.1) is 5.54 Å². The molecule has 9 heteroatoms. The number of methoxy groups -OCH3 is 2. The fourth-order valence-corrected chi connectivity index (χ4v) is 4.34. The number of tetrazole rings is 1. The zero-order valence-electron chi connectivity index (χ0n) is 21.9. The smallest absolute Gasteiger partial charge is 0.231 e. The minimum Gasteiger partial charge on any atom is -0.347 e. The lowest BCUT2D eigenvalue weighted by molar-refractivity contribution is -0.226. The van der Waals surface area contributed by atoms with E-state index in [0.29, 0.717) is 24.5 Å². The van der Waals surface area contributed by atoms with Crippen LogP contribution >= 0.6 is 0 Å². The number of aromatic nitrogens is 7. The van der Waals surface area contributed by atoms with Gasteiger partial charge in [-0.25, -0.2) is 9.67 Å². The van der Waals surface area contributed by atoms with Crippen molar-refractivity contribution >= 4 is 0 Å². The van der Waals surface area contributed by atoms with Gasteiger partial charge < -0.3 is 9.47 Å². The van der Waals surface area contributed by atoms with E-state index in [-0.39, 0.29) is 5.54 Å². The average Bonchev–Trinajstić information content (AvgIpc) is 3.57. The number of benzene rings is 2. The van der Waals surface area contributed by atoms with Crippen LogP contribution in [-0.2, 0) is 27.2 Å². The van der Waals surface area contributed by atoms with Gasteiger partial charge in [-0.05, 0) is 49.1 Å². The predicted octanol–water partition coefficient (Wildman–Crippen LogP) is 5.11. The van der Waals surface area contributed by atoms with Crippen molar-refractivity contribution in [3.63, 3.8) is 0 Å². The minimum absolute atomic E-state index is 0.248. The van der Waals surface area contributed by atoms with Crippen LogP contribution < -0.4 is 0 Å². The zero-order chi connectivity index (χ0) is 25.8. The molecule has 36 heavy (non-hydrogen) atoms. The van der Waals surface area contributed by atoms with E-state index in [9.17, 15) is 0 Å². The van der Waals surface area contributed by atoms with Gasteiger partial charge in [-0.3, -0.25) is 0 Å². The summed E-state index contributed by atoms with van der Waals surface area (Å²) in [7, 11) is 3.31. The SMILES string of the molecule is CCCCC(OC)(OC)c1nc(Cc2ccc(-c3ccccc3-c3nn[nH]n3)cc2)n(C(C)(C)C)n1. The molecule has 0 bridgehead atoms. The monoisotopic (exact) mass is 489 g/mol. The van der Waals surface area contributed by atoms with E-state index in [1.54, 1.807) is 14.2 Å². The van der Waals surface area contributed by atoms with Gasteiger partial charge in [0.1, 0.15) is 5.82 Å². The second-order valence-corrected chi connectivity index (χ2v) is 9.85. The maximum Gasteiger partial charge on any atom is 0.231 e. The second kappa shape index (κ2) is 10.7. The van der Waals surface area contributed by atoms with E-state index in [4.69, 9.17) is 19.6 Å². The highest BCUT2D eigenvalue weighted by molar-refractivity contribution is 5.80. The summed E-state index contributed by atoms with van der Waals surface area (Å²) in [5.41, 5.74) is 3.94. The van der Waals surface area contributed by atoms with E-state index in [2.05, 4.69) is 78.7 Å². The van der Waals surface area contributed by atoms with Gasteiger partial charge in [0.15, 0.2) is 0 Å². The molecule has 0 saturated heterocycles. The molecule has 2 aromatic heterocycles. The minimum atomic E-state index is -0.954. The average molecular weight is 490 g/mol. The number of rotatable bonds is 10. The summed E-state index contributed by atoms with van der Waals surface area (Å²) >= 11 is 0. The third-order valence-electron chi connectivity index (χ3n) is 6.31. The molecule has 1 N–H and O–H groups in total. The summed E-state index contributed by atoms with van der Waals surface area (Å²) in [5.74, 6) is 1.05. The van der Waals surface area contributed by atoms with E-state index in [1.807, 2.05) is 22.9 Å². The second-order valence-electron chi connectivity index (χ2n) is 9.85. The summed E-state index contributed by atoms with van der Waals surface area (Å²) in [6.45, 7) is 8.52. The van der Waals surface area contributed by atoms with Crippen LogP contribution in [0.15, 0.2) is 48.5 Å². The molecule has 2 heterocycles. The van der Waals surface area contributed by atoms with Gasteiger partial charge in [-0.15, -0.1) is 15.3 Å². The van der Waals surface area contributed by atoms with Gasteiger partial charge in [0.25, 0.3) is 0 Å². The first-order valence-corrected chi connectivity index (χ1v) is 12.3. The zero-order valence-corrected chi connectivity index (χ0v) is 21.9. The van der Waals surface area contributed by atoms with Crippen LogP contribution in [0.5, 0.6) is 0 Å². The number of nitrogens with one attached hydrogen (secondary N) is 1. The van der Waals surface area contributed by atoms with Crippen molar-refractivity contribution in [1.82, 2.24) is 35.4 Å². The van der Waals surface area contributed by atoms with Crippen LogP contribution in [0.3, 0.4) is 0 Å². The predicted molar refractivity (Wildman–Crippen MR) is 138 cm³/mol. The molecule has 4 aromatic rings. The lowest BCUT2D eigenvalue weighted by atomic mass is 9.97. The number of H-pyrrole nitrogens is 1. The Morgan fingerprint density at radius 1 is 0.944 bits per heavy atom. The molecule has 0 fully saturated rings. The first kappa shape index (κ1) is 25.7. The third kappa shape index (κ3) is 5.22. The summed E-state index contributed by atoms with van der Waals surface area (Å²) in [5, 5.41) is 19.4. The first-order valence-electron chi connectivity index (χ1n) is 12.3. The third-order valence-corrected chi connectivity index (χ3v) is 6.31. The Bertz CT molecular complexity index is 1250. The van der Waals surface area contributed by atoms with E-state index >= 15 is 0 Å². The van der Waals surface area contributed by atoms with Crippen molar-refractivity contribution in [2.75, 3.05) is 14.2 Å². The molecule has 0 aliphatic rings. The van der Waals surface area contributed by atoms with Gasteiger partial charge in [0, 0.05) is 32.6 Å². The Kier molecular flexibility index (Phi) is 7.61. The number of unbranched alkanes of at least 4 members (excludes halogenated alkanes) is 1. The molecule has 4 rings (SSSR count). The molecule has 0 aliphatic carbocycles. The largest absolute Gasteiger partial charge is 0.347 e.